The lowest BCUT2D eigenvalue weighted by atomic mass is 10.3. The van der Waals surface area contributed by atoms with Gasteiger partial charge in [-0.2, -0.15) is 0 Å². The van der Waals surface area contributed by atoms with E-state index in [0.717, 1.165) is 4.57 Å². The number of hydrogen-bond donors (Lipinski definition) is 1. The first-order chi connectivity index (χ1) is 8.11. The van der Waals surface area contributed by atoms with Crippen molar-refractivity contribution < 1.29 is 9.53 Å². The van der Waals surface area contributed by atoms with E-state index in [9.17, 15) is 14.4 Å². The number of carbonyl (C=O) groups is 1. The maximum atomic E-state index is 11.9. The molecule has 1 fully saturated rings. The highest BCUT2D eigenvalue weighted by Gasteiger charge is 2.23. The molecule has 1 amide bonds. The van der Waals surface area contributed by atoms with E-state index < -0.39 is 12.2 Å². The molecule has 17 heavy (non-hydrogen) atoms. The Kier molecular flexibility index (Phi) is 2.99. The lowest BCUT2D eigenvalue weighted by molar-refractivity contribution is 0.129. The van der Waals surface area contributed by atoms with Crippen LogP contribution in [0.2, 0.25) is 0 Å². The number of ether oxygens (including phenoxy) is 1. The van der Waals surface area contributed by atoms with Gasteiger partial charge in [0.05, 0.1) is 13.1 Å². The lowest BCUT2D eigenvalue weighted by Crippen LogP contribution is -2.42. The molecule has 7 nitrogen and oxygen atoms in total. The number of alkyl carbamates (subject to hydrolysis) is 1. The zero-order chi connectivity index (χ0) is 12.4. The number of nitrogens with one attached hydrogen (secondary N) is 1. The number of nitrogens with zero attached hydrogens (tertiary/aromatic N) is 2. The normalized spacial score (nSPS) is 18.9. The van der Waals surface area contributed by atoms with Crippen molar-refractivity contribution in [2.75, 3.05) is 6.54 Å². The van der Waals surface area contributed by atoms with Crippen LogP contribution in [-0.4, -0.2) is 27.9 Å². The third-order valence-electron chi connectivity index (χ3n) is 2.61. The smallest absolute Gasteiger partial charge is 0.407 e. The van der Waals surface area contributed by atoms with Gasteiger partial charge in [-0.15, -0.1) is 0 Å². The van der Waals surface area contributed by atoms with Crippen LogP contribution >= 0.6 is 0 Å². The van der Waals surface area contributed by atoms with Gasteiger partial charge in [0.25, 0.3) is 5.56 Å². The summed E-state index contributed by atoms with van der Waals surface area (Å²) in [6.45, 7) is 2.69. The zero-order valence-electron chi connectivity index (χ0n) is 9.38. The first-order valence-electron chi connectivity index (χ1n) is 5.36. The molecule has 1 unspecified atom stereocenters. The molecule has 1 aliphatic heterocycles. The van der Waals surface area contributed by atoms with E-state index in [1.54, 1.807) is 0 Å². The van der Waals surface area contributed by atoms with Crippen molar-refractivity contribution in [1.29, 1.82) is 0 Å². The number of amides is 1. The number of hydrogen-bond acceptors (Lipinski definition) is 4. The first-order valence-corrected chi connectivity index (χ1v) is 5.36. The van der Waals surface area contributed by atoms with Gasteiger partial charge in [-0.1, -0.05) is 0 Å². The highest BCUT2D eigenvalue weighted by molar-refractivity contribution is 5.69. The molecule has 0 bridgehead atoms. The Morgan fingerprint density at radius 1 is 1.47 bits per heavy atom. The molecule has 1 aromatic heterocycles. The molecule has 0 aliphatic carbocycles. The van der Waals surface area contributed by atoms with Gasteiger partial charge in [0.2, 0.25) is 0 Å². The van der Waals surface area contributed by atoms with Crippen molar-refractivity contribution in [1.82, 2.24) is 14.5 Å². The molecule has 0 aromatic carbocycles. The van der Waals surface area contributed by atoms with Gasteiger partial charge in [-0.05, 0) is 6.92 Å². The minimum Gasteiger partial charge on any atom is -0.442 e. The molecule has 2 heterocycles. The monoisotopic (exact) mass is 239 g/mol. The average Bonchev–Trinajstić information content (AvgIpc) is 2.70. The fourth-order valence-corrected chi connectivity index (χ4v) is 1.70. The third-order valence-corrected chi connectivity index (χ3v) is 2.61. The quantitative estimate of drug-likeness (QED) is 0.744. The van der Waals surface area contributed by atoms with Crippen molar-refractivity contribution in [3.63, 3.8) is 0 Å². The molecular formula is C10H13N3O4. The number of rotatable bonds is 3. The van der Waals surface area contributed by atoms with Crippen LogP contribution in [0.1, 0.15) is 6.92 Å². The molecule has 0 radical (unpaired) electrons. The first kappa shape index (κ1) is 11.4. The van der Waals surface area contributed by atoms with Crippen molar-refractivity contribution in [2.45, 2.75) is 26.1 Å². The Hall–Kier alpha value is -2.05. The maximum absolute atomic E-state index is 11.9. The summed E-state index contributed by atoms with van der Waals surface area (Å²) in [6.07, 6.45) is 0.468. The second-order valence-corrected chi connectivity index (χ2v) is 3.74. The van der Waals surface area contributed by atoms with E-state index in [4.69, 9.17) is 4.74 Å². The minimum absolute atomic E-state index is 0.0806. The fraction of sp³-hybridized carbons (Fsp3) is 0.500. The lowest BCUT2D eigenvalue weighted by Gasteiger charge is -2.11. The second kappa shape index (κ2) is 4.44. The highest BCUT2D eigenvalue weighted by Crippen LogP contribution is 2.00. The second-order valence-electron chi connectivity index (χ2n) is 3.74. The van der Waals surface area contributed by atoms with Crippen LogP contribution in [-0.2, 0) is 17.8 Å². The number of aryl methyl sites for hydroxylation is 1. The van der Waals surface area contributed by atoms with Gasteiger partial charge < -0.3 is 14.6 Å². The van der Waals surface area contributed by atoms with Crippen LogP contribution in [0, 0.1) is 0 Å². The Bertz CT molecular complexity index is 545. The van der Waals surface area contributed by atoms with Crippen molar-refractivity contribution in [3.8, 4) is 0 Å². The Morgan fingerprint density at radius 2 is 2.24 bits per heavy atom. The average molecular weight is 239 g/mol. The van der Waals surface area contributed by atoms with Crippen molar-refractivity contribution in [2.24, 2.45) is 0 Å². The molecule has 1 aliphatic rings. The molecule has 1 saturated heterocycles. The molecule has 1 aromatic rings. The summed E-state index contributed by atoms with van der Waals surface area (Å²) in [5.74, 6) is 0. The van der Waals surface area contributed by atoms with E-state index in [2.05, 4.69) is 5.32 Å². The standard InChI is InChI=1S/C10H13N3O4/c1-2-12-4-3-8(14)13(10(12)16)6-7-5-11-9(15)17-7/h3-4,7H,2,5-6H2,1H3,(H,11,15). The van der Waals surface area contributed by atoms with Crippen molar-refractivity contribution in [3.05, 3.63) is 33.1 Å². The summed E-state index contributed by atoms with van der Waals surface area (Å²) in [7, 11) is 0. The van der Waals surface area contributed by atoms with Crippen LogP contribution in [0.4, 0.5) is 4.79 Å². The summed E-state index contributed by atoms with van der Waals surface area (Å²) >= 11 is 0. The molecule has 7 heteroatoms. The SMILES string of the molecule is CCn1ccc(=O)n(CC2CNC(=O)O2)c1=O. The van der Waals surface area contributed by atoms with Gasteiger partial charge in [0.1, 0.15) is 6.10 Å². The van der Waals surface area contributed by atoms with Crippen LogP contribution < -0.4 is 16.6 Å². The molecule has 0 spiro atoms. The topological polar surface area (TPSA) is 82.3 Å². The van der Waals surface area contributed by atoms with Gasteiger partial charge in [-0.3, -0.25) is 9.36 Å². The maximum Gasteiger partial charge on any atom is 0.407 e. The molecular weight excluding hydrogens is 226 g/mol. The molecule has 0 saturated carbocycles. The summed E-state index contributed by atoms with van der Waals surface area (Å²) in [5.41, 5.74) is -0.773. The number of cyclic esters (lactones) is 1. The van der Waals surface area contributed by atoms with Gasteiger partial charge in [0, 0.05) is 18.8 Å². The van der Waals surface area contributed by atoms with E-state index >= 15 is 0 Å². The number of carbonyl (C=O) groups excluding carboxylic acids is 1. The zero-order valence-corrected chi connectivity index (χ0v) is 9.38. The molecule has 1 atom stereocenters. The van der Waals surface area contributed by atoms with E-state index in [-0.39, 0.29) is 17.8 Å². The van der Waals surface area contributed by atoms with E-state index in [1.807, 2.05) is 6.92 Å². The van der Waals surface area contributed by atoms with Crippen LogP contribution in [0.25, 0.3) is 0 Å². The van der Waals surface area contributed by atoms with Gasteiger partial charge >= 0.3 is 11.8 Å². The van der Waals surface area contributed by atoms with Gasteiger partial charge in [0.15, 0.2) is 0 Å². The summed E-state index contributed by atoms with van der Waals surface area (Å²) in [5, 5.41) is 2.47. The molecule has 1 N–H and O–H groups in total. The number of aromatic nitrogens is 2. The Labute approximate surface area is 96.6 Å². The highest BCUT2D eigenvalue weighted by atomic mass is 16.6. The van der Waals surface area contributed by atoms with Crippen LogP contribution in [0.3, 0.4) is 0 Å². The predicted molar refractivity (Wildman–Crippen MR) is 58.9 cm³/mol. The fourth-order valence-electron chi connectivity index (χ4n) is 1.70. The Balaban J connectivity index is 2.29. The summed E-state index contributed by atoms with van der Waals surface area (Å²) < 4.78 is 7.39. The molecule has 2 rings (SSSR count). The van der Waals surface area contributed by atoms with Crippen LogP contribution in [0.5, 0.6) is 0 Å². The molecule has 92 valence electrons. The largest absolute Gasteiger partial charge is 0.442 e. The summed E-state index contributed by atoms with van der Waals surface area (Å²) in [6, 6.07) is 1.33. The summed E-state index contributed by atoms with van der Waals surface area (Å²) in [4.78, 5) is 34.3. The van der Waals surface area contributed by atoms with Crippen LogP contribution in [0.15, 0.2) is 21.9 Å². The van der Waals surface area contributed by atoms with E-state index in [0.29, 0.717) is 13.1 Å². The Morgan fingerprint density at radius 3 is 2.82 bits per heavy atom. The van der Waals surface area contributed by atoms with E-state index in [1.165, 1.54) is 16.8 Å². The predicted octanol–water partition coefficient (Wildman–Crippen LogP) is -0.862. The third kappa shape index (κ3) is 2.22. The van der Waals surface area contributed by atoms with Gasteiger partial charge in [-0.25, -0.2) is 9.59 Å². The van der Waals surface area contributed by atoms with Crippen molar-refractivity contribution >= 4 is 6.09 Å². The minimum atomic E-state index is -0.519.